The van der Waals surface area contributed by atoms with E-state index < -0.39 is 11.9 Å². The van der Waals surface area contributed by atoms with Crippen molar-refractivity contribution in [2.75, 3.05) is 13.7 Å². The molecule has 2 N–H and O–H groups in total. The molecule has 104 valence electrons. The van der Waals surface area contributed by atoms with Crippen LogP contribution in [0.2, 0.25) is 0 Å². The number of nitrogens with one attached hydrogen (secondary N) is 1. The maximum absolute atomic E-state index is 11.7. The first-order valence-corrected chi connectivity index (χ1v) is 6.07. The molecule has 0 aliphatic rings. The number of amides is 1. The minimum absolute atomic E-state index is 0.127. The quantitative estimate of drug-likeness (QED) is 0.815. The molecule has 1 aromatic rings. The molecule has 1 atom stereocenters. The van der Waals surface area contributed by atoms with Crippen LogP contribution in [0.5, 0.6) is 5.75 Å². The fourth-order valence-electron chi connectivity index (χ4n) is 1.59. The maximum atomic E-state index is 11.7. The molecule has 5 nitrogen and oxygen atoms in total. The van der Waals surface area contributed by atoms with Gasteiger partial charge in [-0.25, -0.2) is 0 Å². The van der Waals surface area contributed by atoms with E-state index in [1.807, 2.05) is 25.1 Å². The lowest BCUT2D eigenvalue weighted by Crippen LogP contribution is -2.32. The van der Waals surface area contributed by atoms with Crippen LogP contribution in [0.3, 0.4) is 0 Å². The van der Waals surface area contributed by atoms with Crippen LogP contribution in [-0.2, 0) is 16.0 Å². The van der Waals surface area contributed by atoms with Crippen molar-refractivity contribution in [3.63, 3.8) is 0 Å². The third-order valence-electron chi connectivity index (χ3n) is 2.82. The number of carboxylic acids is 1. The Morgan fingerprint density at radius 2 is 2.11 bits per heavy atom. The molecule has 0 aliphatic heterocycles. The maximum Gasteiger partial charge on any atom is 0.308 e. The molecule has 0 fully saturated rings. The molecule has 1 amide bonds. The molecule has 0 bridgehead atoms. The number of hydrogen-bond donors (Lipinski definition) is 2. The van der Waals surface area contributed by atoms with Gasteiger partial charge in [0.15, 0.2) is 0 Å². The minimum atomic E-state index is -0.923. The standard InChI is InChI=1S/C14H19NO4/c1-9-4-5-11(12(6-9)19-3)7-13(16)15-8-10(2)14(17)18/h4-6,10H,7-8H2,1-3H3,(H,15,16)(H,17,18). The van der Waals surface area contributed by atoms with Crippen LogP contribution < -0.4 is 10.1 Å². The number of methoxy groups -OCH3 is 1. The zero-order valence-electron chi connectivity index (χ0n) is 11.4. The average Bonchev–Trinajstić information content (AvgIpc) is 2.37. The SMILES string of the molecule is COc1cc(C)ccc1CC(=O)NCC(C)C(=O)O. The van der Waals surface area contributed by atoms with E-state index in [1.54, 1.807) is 14.0 Å². The Kier molecular flexibility index (Phi) is 5.36. The summed E-state index contributed by atoms with van der Waals surface area (Å²) in [5.74, 6) is -1.06. The van der Waals surface area contributed by atoms with Gasteiger partial charge in [-0.2, -0.15) is 0 Å². The zero-order chi connectivity index (χ0) is 14.4. The highest BCUT2D eigenvalue weighted by Gasteiger charge is 2.13. The number of rotatable bonds is 6. The lowest BCUT2D eigenvalue weighted by atomic mass is 10.1. The van der Waals surface area contributed by atoms with E-state index in [0.717, 1.165) is 11.1 Å². The first kappa shape index (κ1) is 15.0. The van der Waals surface area contributed by atoms with Crippen molar-refractivity contribution in [3.8, 4) is 5.75 Å². The summed E-state index contributed by atoms with van der Waals surface area (Å²) >= 11 is 0. The van der Waals surface area contributed by atoms with Gasteiger partial charge in [-0.3, -0.25) is 9.59 Å². The van der Waals surface area contributed by atoms with Gasteiger partial charge in [-0.05, 0) is 18.6 Å². The average molecular weight is 265 g/mol. The van der Waals surface area contributed by atoms with Crippen LogP contribution in [0.25, 0.3) is 0 Å². The summed E-state index contributed by atoms with van der Waals surface area (Å²) < 4.78 is 5.22. The number of ether oxygens (including phenoxy) is 1. The number of hydrogen-bond acceptors (Lipinski definition) is 3. The van der Waals surface area contributed by atoms with Crippen molar-refractivity contribution in [1.29, 1.82) is 0 Å². The van der Waals surface area contributed by atoms with E-state index in [2.05, 4.69) is 5.32 Å². The van der Waals surface area contributed by atoms with Gasteiger partial charge in [0.05, 0.1) is 19.4 Å². The van der Waals surface area contributed by atoms with Gasteiger partial charge in [0.2, 0.25) is 5.91 Å². The fraction of sp³-hybridized carbons (Fsp3) is 0.429. The first-order chi connectivity index (χ1) is 8.93. The fourth-order valence-corrected chi connectivity index (χ4v) is 1.59. The molecular weight excluding hydrogens is 246 g/mol. The monoisotopic (exact) mass is 265 g/mol. The largest absolute Gasteiger partial charge is 0.496 e. The Morgan fingerprint density at radius 3 is 2.68 bits per heavy atom. The first-order valence-electron chi connectivity index (χ1n) is 6.07. The minimum Gasteiger partial charge on any atom is -0.496 e. The second kappa shape index (κ2) is 6.78. The van der Waals surface area contributed by atoms with E-state index in [0.29, 0.717) is 5.75 Å². The van der Waals surface area contributed by atoms with Crippen LogP contribution in [0.15, 0.2) is 18.2 Å². The van der Waals surface area contributed by atoms with Crippen molar-refractivity contribution in [2.45, 2.75) is 20.3 Å². The normalized spacial score (nSPS) is 11.7. The molecule has 0 aliphatic carbocycles. The number of carbonyl (C=O) groups is 2. The van der Waals surface area contributed by atoms with Gasteiger partial charge in [-0.15, -0.1) is 0 Å². The van der Waals surface area contributed by atoms with Crippen LogP contribution in [0.1, 0.15) is 18.1 Å². The molecule has 1 aromatic carbocycles. The Balaban J connectivity index is 2.60. The summed E-state index contributed by atoms with van der Waals surface area (Å²) in [5.41, 5.74) is 1.84. The Labute approximate surface area is 112 Å². The van der Waals surface area contributed by atoms with E-state index in [1.165, 1.54) is 0 Å². The Morgan fingerprint density at radius 1 is 1.42 bits per heavy atom. The van der Waals surface area contributed by atoms with Crippen LogP contribution >= 0.6 is 0 Å². The van der Waals surface area contributed by atoms with Crippen molar-refractivity contribution in [1.82, 2.24) is 5.32 Å². The third-order valence-corrected chi connectivity index (χ3v) is 2.82. The highest BCUT2D eigenvalue weighted by atomic mass is 16.5. The predicted octanol–water partition coefficient (Wildman–Crippen LogP) is 1.38. The molecule has 19 heavy (non-hydrogen) atoms. The Hall–Kier alpha value is -2.04. The van der Waals surface area contributed by atoms with Gasteiger partial charge >= 0.3 is 5.97 Å². The van der Waals surface area contributed by atoms with Crippen molar-refractivity contribution in [2.24, 2.45) is 5.92 Å². The summed E-state index contributed by atoms with van der Waals surface area (Å²) in [6.07, 6.45) is 0.176. The van der Waals surface area contributed by atoms with Crippen LogP contribution in [0.4, 0.5) is 0 Å². The van der Waals surface area contributed by atoms with Gasteiger partial charge in [0, 0.05) is 12.1 Å². The lowest BCUT2D eigenvalue weighted by molar-refractivity contribution is -0.141. The molecular formula is C14H19NO4. The van der Waals surface area contributed by atoms with E-state index in [4.69, 9.17) is 9.84 Å². The molecule has 0 aromatic heterocycles. The molecule has 5 heteroatoms. The summed E-state index contributed by atoms with van der Waals surface area (Å²) in [4.78, 5) is 22.4. The van der Waals surface area contributed by atoms with Crippen LogP contribution in [-0.4, -0.2) is 30.6 Å². The number of carboxylic acid groups (broad SMARTS) is 1. The summed E-state index contributed by atoms with van der Waals surface area (Å²) in [6, 6.07) is 5.61. The summed E-state index contributed by atoms with van der Waals surface area (Å²) in [6.45, 7) is 3.62. The number of benzene rings is 1. The highest BCUT2D eigenvalue weighted by molar-refractivity contribution is 5.80. The summed E-state index contributed by atoms with van der Waals surface area (Å²) in [7, 11) is 1.56. The van der Waals surface area contributed by atoms with Crippen LogP contribution in [0, 0.1) is 12.8 Å². The van der Waals surface area contributed by atoms with Crippen molar-refractivity contribution < 1.29 is 19.4 Å². The number of carbonyl (C=O) groups excluding carboxylic acids is 1. The molecule has 1 unspecified atom stereocenters. The molecule has 0 saturated heterocycles. The Bertz CT molecular complexity index is 471. The highest BCUT2D eigenvalue weighted by Crippen LogP contribution is 2.20. The van der Waals surface area contributed by atoms with Gasteiger partial charge in [-0.1, -0.05) is 19.1 Å². The van der Waals surface area contributed by atoms with Gasteiger partial charge < -0.3 is 15.2 Å². The van der Waals surface area contributed by atoms with E-state index in [9.17, 15) is 9.59 Å². The second-order valence-corrected chi connectivity index (χ2v) is 4.54. The van der Waals surface area contributed by atoms with Crippen molar-refractivity contribution in [3.05, 3.63) is 29.3 Å². The molecule has 1 rings (SSSR count). The molecule has 0 heterocycles. The zero-order valence-corrected chi connectivity index (χ0v) is 11.4. The molecule has 0 saturated carbocycles. The predicted molar refractivity (Wildman–Crippen MR) is 71.2 cm³/mol. The number of aliphatic carboxylic acids is 1. The van der Waals surface area contributed by atoms with Gasteiger partial charge in [0.1, 0.15) is 5.75 Å². The molecule has 0 radical (unpaired) electrons. The third kappa shape index (κ3) is 4.62. The smallest absolute Gasteiger partial charge is 0.308 e. The van der Waals surface area contributed by atoms with Crippen molar-refractivity contribution >= 4 is 11.9 Å². The number of aryl methyl sites for hydroxylation is 1. The summed E-state index contributed by atoms with van der Waals surface area (Å²) in [5, 5.41) is 11.3. The molecule has 0 spiro atoms. The second-order valence-electron chi connectivity index (χ2n) is 4.54. The van der Waals surface area contributed by atoms with E-state index in [-0.39, 0.29) is 18.9 Å². The topological polar surface area (TPSA) is 75.6 Å². The van der Waals surface area contributed by atoms with E-state index >= 15 is 0 Å². The van der Waals surface area contributed by atoms with Gasteiger partial charge in [0.25, 0.3) is 0 Å². The lowest BCUT2D eigenvalue weighted by Gasteiger charge is -2.11.